The number of nitrogen functional groups attached to an aromatic ring is 1. The van der Waals surface area contributed by atoms with Crippen molar-refractivity contribution in [3.63, 3.8) is 0 Å². The Balaban J connectivity index is 1.45. The second-order valence-electron chi connectivity index (χ2n) is 6.94. The number of amides is 2. The highest BCUT2D eigenvalue weighted by molar-refractivity contribution is 6.00. The number of anilines is 1. The van der Waals surface area contributed by atoms with E-state index >= 15 is 0 Å². The lowest BCUT2D eigenvalue weighted by molar-refractivity contribution is -0.171. The number of halogens is 3. The van der Waals surface area contributed by atoms with Gasteiger partial charge in [-0.25, -0.2) is 4.68 Å². The molecule has 3 rings (SSSR count). The van der Waals surface area contributed by atoms with Crippen molar-refractivity contribution in [1.29, 1.82) is 0 Å². The number of para-hydroxylation sites is 1. The van der Waals surface area contributed by atoms with E-state index < -0.39 is 30.0 Å². The van der Waals surface area contributed by atoms with Crippen LogP contribution in [0.3, 0.4) is 0 Å². The predicted molar refractivity (Wildman–Crippen MR) is 100 cm³/mol. The van der Waals surface area contributed by atoms with Crippen molar-refractivity contribution in [3.05, 3.63) is 42.1 Å². The van der Waals surface area contributed by atoms with E-state index in [2.05, 4.69) is 10.4 Å². The van der Waals surface area contributed by atoms with Crippen molar-refractivity contribution in [2.45, 2.75) is 37.9 Å². The number of alkyl halides is 3. The predicted octanol–water partition coefficient (Wildman–Crippen LogP) is 1.96. The fourth-order valence-corrected chi connectivity index (χ4v) is 3.25. The Morgan fingerprint density at radius 3 is 2.66 bits per heavy atom. The van der Waals surface area contributed by atoms with Crippen molar-refractivity contribution in [2.75, 3.05) is 12.3 Å². The number of piperidine rings is 1. The molecule has 10 heteroatoms. The Kier molecular flexibility index (Phi) is 6.09. The summed E-state index contributed by atoms with van der Waals surface area (Å²) in [6.07, 6.45) is -3.82. The maximum atomic E-state index is 12.7. The summed E-state index contributed by atoms with van der Waals surface area (Å²) in [5, 5.41) is 8.93. The molecule has 2 amide bonds. The molecule has 2 aromatic rings. The lowest BCUT2D eigenvalue weighted by Gasteiger charge is -2.29. The van der Waals surface area contributed by atoms with Crippen molar-refractivity contribution in [1.82, 2.24) is 20.4 Å². The number of aromatic nitrogens is 2. The summed E-state index contributed by atoms with van der Waals surface area (Å²) in [7, 11) is 0. The molecule has 0 spiro atoms. The molecule has 1 aliphatic rings. The van der Waals surface area contributed by atoms with Crippen LogP contribution in [0.1, 0.15) is 25.0 Å². The molecule has 1 saturated heterocycles. The summed E-state index contributed by atoms with van der Waals surface area (Å²) in [5.41, 5.74) is 7.58. The van der Waals surface area contributed by atoms with Crippen molar-refractivity contribution >= 4 is 17.6 Å². The van der Waals surface area contributed by atoms with Gasteiger partial charge in [-0.05, 0) is 37.8 Å². The van der Waals surface area contributed by atoms with Crippen LogP contribution in [-0.2, 0) is 16.0 Å². The molecule has 2 atom stereocenters. The SMILES string of the molecule is Nc1cc(CCCNC(=O)C2CCC(C(F)(F)F)NC2=O)nn1-c1ccccc1. The van der Waals surface area contributed by atoms with Crippen LogP contribution in [-0.4, -0.2) is 40.4 Å². The number of hydrogen-bond acceptors (Lipinski definition) is 4. The molecule has 1 fully saturated rings. The lowest BCUT2D eigenvalue weighted by atomic mass is 9.93. The Morgan fingerprint density at radius 2 is 2.00 bits per heavy atom. The largest absolute Gasteiger partial charge is 0.408 e. The molecule has 156 valence electrons. The number of nitrogens with two attached hydrogens (primary N) is 1. The minimum absolute atomic E-state index is 0.125. The van der Waals surface area contributed by atoms with E-state index in [1.165, 1.54) is 0 Å². The molecular weight excluding hydrogens is 387 g/mol. The average molecular weight is 409 g/mol. The van der Waals surface area contributed by atoms with Crippen molar-refractivity contribution < 1.29 is 22.8 Å². The summed E-state index contributed by atoms with van der Waals surface area (Å²) < 4.78 is 39.6. The van der Waals surface area contributed by atoms with E-state index in [4.69, 9.17) is 5.73 Å². The molecule has 2 unspecified atom stereocenters. The number of rotatable bonds is 6. The summed E-state index contributed by atoms with van der Waals surface area (Å²) in [5.74, 6) is -2.04. The fourth-order valence-electron chi connectivity index (χ4n) is 3.25. The monoisotopic (exact) mass is 409 g/mol. The Bertz CT molecular complexity index is 866. The van der Waals surface area contributed by atoms with E-state index in [-0.39, 0.29) is 19.4 Å². The summed E-state index contributed by atoms with van der Waals surface area (Å²) in [4.78, 5) is 23.9. The van der Waals surface area contributed by atoms with Gasteiger partial charge in [0.1, 0.15) is 17.8 Å². The maximum absolute atomic E-state index is 12.7. The number of aryl methyl sites for hydroxylation is 1. The van der Waals surface area contributed by atoms with E-state index in [0.717, 1.165) is 11.4 Å². The van der Waals surface area contributed by atoms with Crippen LogP contribution >= 0.6 is 0 Å². The Labute approximate surface area is 165 Å². The quantitative estimate of drug-likeness (QED) is 0.501. The van der Waals surface area contributed by atoms with Gasteiger partial charge in [-0.2, -0.15) is 18.3 Å². The van der Waals surface area contributed by atoms with E-state index in [9.17, 15) is 22.8 Å². The first-order valence-corrected chi connectivity index (χ1v) is 9.30. The lowest BCUT2D eigenvalue weighted by Crippen LogP contribution is -2.54. The van der Waals surface area contributed by atoms with Gasteiger partial charge in [-0.3, -0.25) is 9.59 Å². The summed E-state index contributed by atoms with van der Waals surface area (Å²) in [6, 6.07) is 9.28. The van der Waals surface area contributed by atoms with Gasteiger partial charge in [0.25, 0.3) is 0 Å². The van der Waals surface area contributed by atoms with E-state index in [1.807, 2.05) is 35.6 Å². The van der Waals surface area contributed by atoms with Crippen molar-refractivity contribution in [2.24, 2.45) is 5.92 Å². The topological polar surface area (TPSA) is 102 Å². The van der Waals surface area contributed by atoms with Crippen LogP contribution in [0.2, 0.25) is 0 Å². The van der Waals surface area contributed by atoms with E-state index in [0.29, 0.717) is 18.7 Å². The normalized spacial score (nSPS) is 19.6. The summed E-state index contributed by atoms with van der Waals surface area (Å²) in [6.45, 7) is 0.281. The average Bonchev–Trinajstić information content (AvgIpc) is 3.05. The molecule has 2 heterocycles. The molecule has 1 aromatic heterocycles. The van der Waals surface area contributed by atoms with Gasteiger partial charge in [-0.15, -0.1) is 0 Å². The second kappa shape index (κ2) is 8.54. The smallest absolute Gasteiger partial charge is 0.384 e. The van der Waals surface area contributed by atoms with Gasteiger partial charge in [0.05, 0.1) is 11.4 Å². The number of benzene rings is 1. The molecule has 0 aliphatic carbocycles. The molecule has 0 radical (unpaired) electrons. The van der Waals surface area contributed by atoms with Gasteiger partial charge in [0, 0.05) is 12.6 Å². The zero-order valence-electron chi connectivity index (χ0n) is 15.6. The molecule has 7 nitrogen and oxygen atoms in total. The maximum Gasteiger partial charge on any atom is 0.408 e. The van der Waals surface area contributed by atoms with Crippen LogP contribution in [0.4, 0.5) is 19.0 Å². The van der Waals surface area contributed by atoms with Crippen LogP contribution < -0.4 is 16.4 Å². The van der Waals surface area contributed by atoms with Crippen LogP contribution in [0.15, 0.2) is 36.4 Å². The van der Waals surface area contributed by atoms with Gasteiger partial charge < -0.3 is 16.4 Å². The first-order valence-electron chi connectivity index (χ1n) is 9.30. The molecule has 29 heavy (non-hydrogen) atoms. The Hall–Kier alpha value is -3.04. The molecule has 0 saturated carbocycles. The molecule has 1 aromatic carbocycles. The minimum Gasteiger partial charge on any atom is -0.384 e. The zero-order valence-corrected chi connectivity index (χ0v) is 15.6. The molecule has 1 aliphatic heterocycles. The third-order valence-corrected chi connectivity index (χ3v) is 4.79. The highest BCUT2D eigenvalue weighted by Gasteiger charge is 2.45. The third-order valence-electron chi connectivity index (χ3n) is 4.79. The van der Waals surface area contributed by atoms with Gasteiger partial charge in [0.2, 0.25) is 11.8 Å². The molecule has 4 N–H and O–H groups in total. The minimum atomic E-state index is -4.50. The standard InChI is InChI=1S/C19H22F3N5O2/c20-19(21,22)15-9-8-14(18(29)25-15)17(28)24-10-4-5-12-11-16(23)27(26-12)13-6-2-1-3-7-13/h1-3,6-7,11,14-15H,4-5,8-10,23H2,(H,24,28)(H,25,29). The third kappa shape index (κ3) is 5.07. The van der Waals surface area contributed by atoms with Gasteiger partial charge >= 0.3 is 6.18 Å². The molecule has 0 bridgehead atoms. The number of nitrogens with one attached hydrogen (secondary N) is 2. The van der Waals surface area contributed by atoms with Gasteiger partial charge in [-0.1, -0.05) is 18.2 Å². The number of hydrogen-bond donors (Lipinski definition) is 3. The number of carbonyl (C=O) groups excluding carboxylic acids is 2. The highest BCUT2D eigenvalue weighted by Crippen LogP contribution is 2.28. The number of nitrogens with zero attached hydrogens (tertiary/aromatic N) is 2. The van der Waals surface area contributed by atoms with Crippen LogP contribution in [0.5, 0.6) is 0 Å². The second-order valence-corrected chi connectivity index (χ2v) is 6.94. The van der Waals surface area contributed by atoms with Crippen LogP contribution in [0, 0.1) is 5.92 Å². The highest BCUT2D eigenvalue weighted by atomic mass is 19.4. The van der Waals surface area contributed by atoms with Gasteiger partial charge in [0.15, 0.2) is 0 Å². The first kappa shape index (κ1) is 20.7. The van der Waals surface area contributed by atoms with Crippen molar-refractivity contribution in [3.8, 4) is 5.69 Å². The fraction of sp³-hybridized carbons (Fsp3) is 0.421. The zero-order chi connectivity index (χ0) is 21.0. The van der Waals surface area contributed by atoms with E-state index in [1.54, 1.807) is 10.7 Å². The molecular formula is C19H22F3N5O2. The summed E-state index contributed by atoms with van der Waals surface area (Å²) >= 11 is 0. The first-order chi connectivity index (χ1) is 13.8. The van der Waals surface area contributed by atoms with Crippen LogP contribution in [0.25, 0.3) is 5.69 Å². The number of carbonyl (C=O) groups is 2. The Morgan fingerprint density at radius 1 is 1.28 bits per heavy atom.